The zero-order chi connectivity index (χ0) is 17.7. The first-order valence-corrected chi connectivity index (χ1v) is 7.32. The lowest BCUT2D eigenvalue weighted by atomic mass is 10.0. The number of nitriles is 1. The van der Waals surface area contributed by atoms with Crippen molar-refractivity contribution in [2.45, 2.75) is 6.92 Å². The number of aryl methyl sites for hydroxylation is 1. The van der Waals surface area contributed by atoms with Gasteiger partial charge in [-0.15, -0.1) is 0 Å². The summed E-state index contributed by atoms with van der Waals surface area (Å²) in [5.41, 5.74) is 9.61. The van der Waals surface area contributed by atoms with Crippen molar-refractivity contribution in [3.63, 3.8) is 0 Å². The van der Waals surface area contributed by atoms with E-state index < -0.39 is 0 Å². The molecule has 0 radical (unpaired) electrons. The molecule has 2 aromatic carbocycles. The Morgan fingerprint density at radius 1 is 1.04 bits per heavy atom. The maximum absolute atomic E-state index is 9.56. The minimum atomic E-state index is 0.470. The van der Waals surface area contributed by atoms with Gasteiger partial charge in [0.2, 0.25) is 5.75 Å². The Kier molecular flexibility index (Phi) is 5.33. The average Bonchev–Trinajstić information content (AvgIpc) is 2.61. The highest BCUT2D eigenvalue weighted by Gasteiger charge is 2.15. The second-order valence-corrected chi connectivity index (χ2v) is 5.20. The molecule has 0 aromatic heterocycles. The summed E-state index contributed by atoms with van der Waals surface area (Å²) in [6, 6.07) is 11.4. The minimum Gasteiger partial charge on any atom is -0.493 e. The van der Waals surface area contributed by atoms with Gasteiger partial charge in [-0.3, -0.25) is 0 Å². The third-order valence-corrected chi connectivity index (χ3v) is 3.71. The Labute approximate surface area is 141 Å². The van der Waals surface area contributed by atoms with Crippen LogP contribution in [0.2, 0.25) is 0 Å². The van der Waals surface area contributed by atoms with E-state index in [4.69, 9.17) is 19.9 Å². The number of ether oxygens (including phenoxy) is 3. The fraction of sp³-hybridized carbons (Fsp3) is 0.211. The molecule has 0 spiro atoms. The van der Waals surface area contributed by atoms with E-state index in [0.29, 0.717) is 34.1 Å². The van der Waals surface area contributed by atoms with Crippen molar-refractivity contribution in [2.24, 2.45) is 0 Å². The highest BCUT2D eigenvalue weighted by atomic mass is 16.5. The van der Waals surface area contributed by atoms with Gasteiger partial charge in [0, 0.05) is 5.69 Å². The van der Waals surface area contributed by atoms with Crippen LogP contribution < -0.4 is 19.9 Å². The lowest BCUT2D eigenvalue weighted by Crippen LogP contribution is -1.97. The Balaban J connectivity index is 2.56. The summed E-state index contributed by atoms with van der Waals surface area (Å²) in [7, 11) is 4.62. The Hall–Kier alpha value is -3.13. The lowest BCUT2D eigenvalue weighted by molar-refractivity contribution is 0.324. The van der Waals surface area contributed by atoms with Crippen molar-refractivity contribution in [3.8, 4) is 23.3 Å². The van der Waals surface area contributed by atoms with Crippen molar-refractivity contribution in [1.29, 1.82) is 5.26 Å². The van der Waals surface area contributed by atoms with E-state index >= 15 is 0 Å². The number of benzene rings is 2. The molecule has 2 aromatic rings. The molecule has 0 bridgehead atoms. The van der Waals surface area contributed by atoms with Gasteiger partial charge in [0.05, 0.1) is 33.0 Å². The monoisotopic (exact) mass is 324 g/mol. The van der Waals surface area contributed by atoms with E-state index in [1.54, 1.807) is 18.2 Å². The van der Waals surface area contributed by atoms with Crippen molar-refractivity contribution < 1.29 is 14.2 Å². The van der Waals surface area contributed by atoms with Gasteiger partial charge < -0.3 is 19.9 Å². The molecule has 0 atom stereocenters. The molecule has 124 valence electrons. The van der Waals surface area contributed by atoms with Gasteiger partial charge >= 0.3 is 0 Å². The molecule has 0 saturated heterocycles. The van der Waals surface area contributed by atoms with Gasteiger partial charge in [0.1, 0.15) is 0 Å². The summed E-state index contributed by atoms with van der Waals surface area (Å²) in [5, 5.41) is 9.56. The Bertz CT molecular complexity index is 795. The van der Waals surface area contributed by atoms with E-state index in [1.807, 2.05) is 25.1 Å². The normalized spacial score (nSPS) is 10.9. The predicted octanol–water partition coefficient (Wildman–Crippen LogP) is 3.67. The molecule has 0 aliphatic heterocycles. The predicted molar refractivity (Wildman–Crippen MR) is 95.2 cm³/mol. The molecule has 5 heteroatoms. The largest absolute Gasteiger partial charge is 0.493 e. The van der Waals surface area contributed by atoms with Crippen molar-refractivity contribution in [2.75, 3.05) is 27.1 Å². The molecule has 2 N–H and O–H groups in total. The molecular weight excluding hydrogens is 304 g/mol. The van der Waals surface area contributed by atoms with E-state index in [1.165, 1.54) is 21.3 Å². The molecule has 5 nitrogen and oxygen atoms in total. The molecule has 0 aliphatic carbocycles. The number of hydrogen-bond donors (Lipinski definition) is 1. The van der Waals surface area contributed by atoms with Crippen molar-refractivity contribution in [3.05, 3.63) is 47.0 Å². The zero-order valence-electron chi connectivity index (χ0n) is 14.2. The summed E-state index contributed by atoms with van der Waals surface area (Å²) in [6.45, 7) is 1.94. The minimum absolute atomic E-state index is 0.470. The molecule has 24 heavy (non-hydrogen) atoms. The zero-order valence-corrected chi connectivity index (χ0v) is 14.2. The summed E-state index contributed by atoms with van der Waals surface area (Å²) >= 11 is 0. The maximum Gasteiger partial charge on any atom is 0.203 e. The molecule has 0 unspecified atom stereocenters. The first kappa shape index (κ1) is 17.2. The number of hydrogen-bond acceptors (Lipinski definition) is 5. The number of nitrogens with two attached hydrogens (primary N) is 1. The third kappa shape index (κ3) is 3.44. The summed E-state index contributed by atoms with van der Waals surface area (Å²) < 4.78 is 16.0. The van der Waals surface area contributed by atoms with Gasteiger partial charge in [-0.05, 0) is 47.9 Å². The average molecular weight is 324 g/mol. The Morgan fingerprint density at radius 3 is 2.12 bits per heavy atom. The van der Waals surface area contributed by atoms with Crippen LogP contribution in [0.15, 0.2) is 30.3 Å². The number of nitrogen functional groups attached to an aromatic ring is 1. The van der Waals surface area contributed by atoms with E-state index in [2.05, 4.69) is 6.07 Å². The van der Waals surface area contributed by atoms with Gasteiger partial charge in [0.15, 0.2) is 11.5 Å². The van der Waals surface area contributed by atoms with E-state index in [0.717, 1.165) is 11.1 Å². The van der Waals surface area contributed by atoms with Crippen LogP contribution >= 0.6 is 0 Å². The lowest BCUT2D eigenvalue weighted by Gasteiger charge is -2.14. The standard InChI is InChI=1S/C19H20N2O3/c1-12-5-6-13(8-16(12)21)7-15(11-20)14-9-17(22-2)19(24-4)18(10-14)23-3/h5-10H,21H2,1-4H3/b15-7-. The third-order valence-electron chi connectivity index (χ3n) is 3.71. The van der Waals surface area contributed by atoms with Crippen LogP contribution in [-0.4, -0.2) is 21.3 Å². The topological polar surface area (TPSA) is 77.5 Å². The smallest absolute Gasteiger partial charge is 0.203 e. The molecule has 0 heterocycles. The van der Waals surface area contributed by atoms with Crippen LogP contribution in [0.4, 0.5) is 5.69 Å². The van der Waals surface area contributed by atoms with Crippen LogP contribution in [0.5, 0.6) is 17.2 Å². The maximum atomic E-state index is 9.56. The second-order valence-electron chi connectivity index (χ2n) is 5.20. The SMILES string of the molecule is COc1cc(/C(C#N)=C\c2ccc(C)c(N)c2)cc(OC)c1OC. The Morgan fingerprint density at radius 2 is 1.67 bits per heavy atom. The van der Waals surface area contributed by atoms with Crippen LogP contribution in [0.3, 0.4) is 0 Å². The second kappa shape index (κ2) is 7.42. The van der Waals surface area contributed by atoms with Gasteiger partial charge in [0.25, 0.3) is 0 Å². The van der Waals surface area contributed by atoms with Gasteiger partial charge in [-0.25, -0.2) is 0 Å². The highest BCUT2D eigenvalue weighted by Crippen LogP contribution is 2.40. The summed E-state index contributed by atoms with van der Waals surface area (Å²) in [4.78, 5) is 0. The number of allylic oxidation sites excluding steroid dienone is 1. The van der Waals surface area contributed by atoms with Crippen LogP contribution in [0, 0.1) is 18.3 Å². The molecule has 0 aliphatic rings. The summed E-state index contributed by atoms with van der Waals surface area (Å²) in [6.07, 6.45) is 1.77. The highest BCUT2D eigenvalue weighted by molar-refractivity contribution is 5.91. The van der Waals surface area contributed by atoms with Crippen LogP contribution in [0.25, 0.3) is 11.6 Å². The first-order valence-electron chi connectivity index (χ1n) is 7.32. The fourth-order valence-electron chi connectivity index (χ4n) is 2.33. The number of nitrogens with zero attached hydrogens (tertiary/aromatic N) is 1. The molecule has 0 fully saturated rings. The fourth-order valence-corrected chi connectivity index (χ4v) is 2.33. The molecular formula is C19H20N2O3. The van der Waals surface area contributed by atoms with Gasteiger partial charge in [-0.1, -0.05) is 12.1 Å². The van der Waals surface area contributed by atoms with Crippen molar-refractivity contribution in [1.82, 2.24) is 0 Å². The summed E-state index contributed by atoms with van der Waals surface area (Å²) in [5.74, 6) is 1.48. The first-order chi connectivity index (χ1) is 11.5. The number of rotatable bonds is 5. The van der Waals surface area contributed by atoms with Crippen LogP contribution in [-0.2, 0) is 0 Å². The van der Waals surface area contributed by atoms with E-state index in [-0.39, 0.29) is 0 Å². The van der Waals surface area contributed by atoms with E-state index in [9.17, 15) is 5.26 Å². The quantitative estimate of drug-likeness (QED) is 0.516. The number of anilines is 1. The van der Waals surface area contributed by atoms with Gasteiger partial charge in [-0.2, -0.15) is 5.26 Å². The van der Waals surface area contributed by atoms with Crippen molar-refractivity contribution >= 4 is 17.3 Å². The molecule has 0 amide bonds. The molecule has 2 rings (SSSR count). The van der Waals surface area contributed by atoms with Crippen LogP contribution in [0.1, 0.15) is 16.7 Å². The number of methoxy groups -OCH3 is 3. The molecule has 0 saturated carbocycles.